The van der Waals surface area contributed by atoms with Crippen molar-refractivity contribution in [3.05, 3.63) is 163 Å². The Morgan fingerprint density at radius 2 is 1.19 bits per heavy atom. The summed E-state index contributed by atoms with van der Waals surface area (Å²) in [5, 5.41) is 2.11. The van der Waals surface area contributed by atoms with Crippen LogP contribution in [0.4, 0.5) is 0 Å². The lowest BCUT2D eigenvalue weighted by molar-refractivity contribution is 0.669. The van der Waals surface area contributed by atoms with Gasteiger partial charge in [0.1, 0.15) is 11.2 Å². The molecule has 0 unspecified atom stereocenters. The van der Waals surface area contributed by atoms with E-state index in [1.165, 1.54) is 0 Å². The molecule has 8 aromatic carbocycles. The van der Waals surface area contributed by atoms with Crippen LogP contribution in [0.5, 0.6) is 0 Å². The van der Waals surface area contributed by atoms with E-state index in [1.807, 2.05) is 42.5 Å². The number of aromatic nitrogens is 3. The Hall–Kier alpha value is -6.69. The summed E-state index contributed by atoms with van der Waals surface area (Å²) in [6.45, 7) is 0. The largest absolute Gasteiger partial charge is 0.456 e. The summed E-state index contributed by atoms with van der Waals surface area (Å²) in [5.74, 6) is -0.994. The van der Waals surface area contributed by atoms with E-state index >= 15 is 0 Å². The van der Waals surface area contributed by atoms with Gasteiger partial charge in [-0.1, -0.05) is 133 Å². The van der Waals surface area contributed by atoms with Crippen LogP contribution in [0.3, 0.4) is 0 Å². The van der Waals surface area contributed by atoms with Crippen LogP contribution in [0.15, 0.2) is 168 Å². The van der Waals surface area contributed by atoms with Crippen LogP contribution in [-0.4, -0.2) is 15.0 Å². The molecule has 11 rings (SSSR count). The molecule has 0 aliphatic rings. The molecule has 0 atom stereocenters. The van der Waals surface area contributed by atoms with E-state index in [-0.39, 0.29) is 32.9 Å². The maximum Gasteiger partial charge on any atom is 0.164 e. The van der Waals surface area contributed by atoms with Gasteiger partial charge < -0.3 is 4.42 Å². The van der Waals surface area contributed by atoms with E-state index < -0.39 is 102 Å². The van der Waals surface area contributed by atoms with Crippen molar-refractivity contribution in [1.29, 1.82) is 0 Å². The minimum absolute atomic E-state index is 0.129. The molecule has 11 aromatic rings. The summed E-state index contributed by atoms with van der Waals surface area (Å²) >= 11 is 1.68. The summed E-state index contributed by atoms with van der Waals surface area (Å²) in [7, 11) is 0. The zero-order chi connectivity index (χ0) is 46.4. The van der Waals surface area contributed by atoms with E-state index in [0.29, 0.717) is 27.5 Å². The number of thiophene rings is 1. The average Bonchev–Trinajstić information content (AvgIpc) is 3.90. The molecule has 0 fully saturated rings. The number of fused-ring (bicyclic) bond motifs is 9. The number of hydrogen-bond acceptors (Lipinski definition) is 5. The smallest absolute Gasteiger partial charge is 0.164 e. The monoisotopic (exact) mass is 695 g/mol. The molecule has 0 N–H and O–H groups in total. The Labute approximate surface area is 322 Å². The van der Waals surface area contributed by atoms with Crippen molar-refractivity contribution in [2.75, 3.05) is 0 Å². The van der Waals surface area contributed by atoms with Crippen molar-refractivity contribution in [3.63, 3.8) is 0 Å². The second-order valence-corrected chi connectivity index (χ2v) is 13.1. The van der Waals surface area contributed by atoms with Crippen molar-refractivity contribution >= 4 is 75.0 Å². The van der Waals surface area contributed by atoms with E-state index in [4.69, 9.17) is 32.2 Å². The van der Waals surface area contributed by atoms with Crippen LogP contribution in [-0.2, 0) is 0 Å². The van der Waals surface area contributed by atoms with E-state index in [0.717, 1.165) is 31.3 Å². The Morgan fingerprint density at radius 1 is 0.481 bits per heavy atom. The second kappa shape index (κ2) is 11.4. The fourth-order valence-corrected chi connectivity index (χ4v) is 8.11. The highest BCUT2D eigenvalue weighted by Crippen LogP contribution is 2.43. The topological polar surface area (TPSA) is 51.8 Å². The molecule has 3 aromatic heterocycles. The van der Waals surface area contributed by atoms with Gasteiger partial charge in [-0.15, -0.1) is 11.3 Å². The molecule has 5 heteroatoms. The number of rotatable bonds is 4. The van der Waals surface area contributed by atoms with Gasteiger partial charge in [-0.05, 0) is 63.0 Å². The molecule has 0 saturated carbocycles. The second-order valence-electron chi connectivity index (χ2n) is 12.1. The molecular weight excluding hydrogens is 655 g/mol. The molecule has 4 nitrogen and oxygen atoms in total. The fourth-order valence-electron chi connectivity index (χ4n) is 6.87. The number of furan rings is 1. The van der Waals surface area contributed by atoms with Gasteiger partial charge in [0, 0.05) is 47.6 Å². The van der Waals surface area contributed by atoms with E-state index in [1.54, 1.807) is 29.5 Å². The third-order valence-corrected chi connectivity index (χ3v) is 10.4. The molecule has 0 radical (unpaired) electrons. The summed E-state index contributed by atoms with van der Waals surface area (Å²) in [6.07, 6.45) is 0. The molecule has 3 heterocycles. The third kappa shape index (κ3) is 4.50. The van der Waals surface area contributed by atoms with Gasteiger partial charge in [0.25, 0.3) is 0 Å². The number of benzene rings is 8. The summed E-state index contributed by atoms with van der Waals surface area (Å²) in [6, 6.07) is 16.1. The normalized spacial score (nSPS) is 15.6. The van der Waals surface area contributed by atoms with Gasteiger partial charge >= 0.3 is 0 Å². The minimum Gasteiger partial charge on any atom is -0.456 e. The van der Waals surface area contributed by atoms with Crippen molar-refractivity contribution in [3.8, 4) is 45.3 Å². The van der Waals surface area contributed by atoms with Crippen LogP contribution in [0.2, 0.25) is 0 Å². The first kappa shape index (κ1) is 18.5. The third-order valence-electron chi connectivity index (χ3n) is 9.16. The van der Waals surface area contributed by atoms with E-state index in [9.17, 15) is 1.37 Å². The lowest BCUT2D eigenvalue weighted by Crippen LogP contribution is -2.01. The first-order valence-corrected chi connectivity index (χ1v) is 17.0. The Balaban J connectivity index is 1.26. The Kier molecular flexibility index (Phi) is 4.07. The van der Waals surface area contributed by atoms with Crippen LogP contribution in [0, 0.1) is 0 Å². The number of nitrogens with zero attached hydrogens (tertiary/aromatic N) is 3. The number of hydrogen-bond donors (Lipinski definition) is 0. The lowest BCUT2D eigenvalue weighted by atomic mass is 9.96. The highest BCUT2D eigenvalue weighted by Gasteiger charge is 2.20. The van der Waals surface area contributed by atoms with Crippen molar-refractivity contribution in [2.45, 2.75) is 0 Å². The highest BCUT2D eigenvalue weighted by molar-refractivity contribution is 7.26. The molecule has 52 heavy (non-hydrogen) atoms. The predicted molar refractivity (Wildman–Crippen MR) is 217 cm³/mol. The standard InChI is InChI=1S/C47H27N3OS/c1-2-12-28(13-3-1)45-48-46(50-47(49-45)38-26-29-14-4-5-15-31(29)33-16-6-7-17-34(33)38)37-21-11-22-41-43(37)39-27-30(24-25-40(39)51-41)32-19-10-20-36-35-18-8-9-23-42(35)52-44(32)36/h1-27H/i1D,2D,3D,4D,5D,6D,7D,12D,13D,14D,15D,16D,17D,26D. The van der Waals surface area contributed by atoms with Crippen LogP contribution in [0.25, 0.3) is 109 Å². The highest BCUT2D eigenvalue weighted by atomic mass is 32.1. The first-order valence-electron chi connectivity index (χ1n) is 23.2. The quantitative estimate of drug-likeness (QED) is 0.172. The van der Waals surface area contributed by atoms with Crippen molar-refractivity contribution in [1.82, 2.24) is 15.0 Å². The zero-order valence-corrected chi connectivity index (χ0v) is 27.5. The summed E-state index contributed by atoms with van der Waals surface area (Å²) in [4.78, 5) is 14.2. The minimum atomic E-state index is -0.703. The molecule has 0 bridgehead atoms. The molecule has 0 aliphatic carbocycles. The summed E-state index contributed by atoms with van der Waals surface area (Å²) in [5.41, 5.74) is 2.36. The van der Waals surface area contributed by atoms with Crippen molar-refractivity contribution < 1.29 is 23.6 Å². The maximum absolute atomic E-state index is 9.62. The van der Waals surface area contributed by atoms with E-state index in [2.05, 4.69) is 23.2 Å². The van der Waals surface area contributed by atoms with Crippen LogP contribution >= 0.6 is 11.3 Å². The van der Waals surface area contributed by atoms with Gasteiger partial charge in [-0.3, -0.25) is 0 Å². The maximum atomic E-state index is 9.62. The first-order chi connectivity index (χ1) is 31.6. The molecular formula is C47H27N3OS. The molecule has 242 valence electrons. The lowest BCUT2D eigenvalue weighted by Gasteiger charge is -2.13. The molecule has 0 spiro atoms. The fraction of sp³-hybridized carbons (Fsp3) is 0. The van der Waals surface area contributed by atoms with Gasteiger partial charge in [0.2, 0.25) is 0 Å². The van der Waals surface area contributed by atoms with Crippen LogP contribution in [0.1, 0.15) is 19.2 Å². The van der Waals surface area contributed by atoms with Gasteiger partial charge in [0.15, 0.2) is 17.5 Å². The van der Waals surface area contributed by atoms with Crippen molar-refractivity contribution in [2.24, 2.45) is 0 Å². The Morgan fingerprint density at radius 3 is 2.10 bits per heavy atom. The zero-order valence-electron chi connectivity index (χ0n) is 40.7. The van der Waals surface area contributed by atoms with Gasteiger partial charge in [-0.2, -0.15) is 0 Å². The SMILES string of the molecule is [2H]c1c([2H])c([2H])c(-c2nc(-c3c([2H])c4c([2H])c([2H])c([2H])c([2H])c4c4c([2H])c([2H])c([2H])c([2H])c34)nc(-c3cccc4oc5ccc(-c6cccc7c6sc6ccccc67)cc5c34)n2)c([2H])c1[2H]. The average molecular weight is 696 g/mol. The van der Waals surface area contributed by atoms with Gasteiger partial charge in [0.05, 0.1) is 19.2 Å². The van der Waals surface area contributed by atoms with Gasteiger partial charge in [-0.25, -0.2) is 15.0 Å². The molecule has 0 amide bonds. The predicted octanol–water partition coefficient (Wildman–Crippen LogP) is 13.1. The summed E-state index contributed by atoms with van der Waals surface area (Å²) < 4.78 is 132. The Bertz CT molecular complexity index is 3990. The molecule has 0 saturated heterocycles. The van der Waals surface area contributed by atoms with Crippen LogP contribution < -0.4 is 0 Å². The molecule has 0 aliphatic heterocycles.